The van der Waals surface area contributed by atoms with Crippen molar-refractivity contribution >= 4 is 10.8 Å². The van der Waals surface area contributed by atoms with Crippen LogP contribution in [-0.2, 0) is 10.8 Å². The summed E-state index contributed by atoms with van der Waals surface area (Å²) >= 11 is 0. The summed E-state index contributed by atoms with van der Waals surface area (Å²) < 4.78 is 12.8. The van der Waals surface area contributed by atoms with E-state index in [9.17, 15) is 4.21 Å². The molecule has 0 saturated carbocycles. The molecule has 20 heavy (non-hydrogen) atoms. The van der Waals surface area contributed by atoms with Gasteiger partial charge in [-0.1, -0.05) is 47.6 Å². The van der Waals surface area contributed by atoms with E-state index in [1.165, 1.54) is 17.7 Å². The zero-order chi connectivity index (χ0) is 13.3. The fourth-order valence-corrected chi connectivity index (χ4v) is 6.10. The van der Waals surface area contributed by atoms with Gasteiger partial charge in [0.1, 0.15) is 0 Å². The smallest absolute Gasteiger partial charge is 0.0811 e. The predicted octanol–water partition coefficient (Wildman–Crippen LogP) is 3.83. The van der Waals surface area contributed by atoms with E-state index in [2.05, 4.69) is 18.2 Å². The molecular formula is C18H16OS. The Morgan fingerprint density at radius 3 is 2.45 bits per heavy atom. The normalized spacial score (nSPS) is 37.5. The van der Waals surface area contributed by atoms with Gasteiger partial charge in [0.15, 0.2) is 0 Å². The first-order chi connectivity index (χ1) is 9.83. The van der Waals surface area contributed by atoms with E-state index in [4.69, 9.17) is 0 Å². The summed E-state index contributed by atoms with van der Waals surface area (Å²) in [6.07, 6.45) is 9.57. The van der Waals surface area contributed by atoms with E-state index >= 15 is 0 Å². The Bertz CT molecular complexity index is 710. The van der Waals surface area contributed by atoms with Gasteiger partial charge in [-0.05, 0) is 36.8 Å². The van der Waals surface area contributed by atoms with E-state index in [0.717, 1.165) is 4.90 Å². The van der Waals surface area contributed by atoms with E-state index < -0.39 is 10.8 Å². The number of rotatable bonds is 2. The zero-order valence-corrected chi connectivity index (χ0v) is 12.0. The Morgan fingerprint density at radius 1 is 0.900 bits per heavy atom. The number of allylic oxidation sites excluding steroid dienone is 6. The highest BCUT2D eigenvalue weighted by atomic mass is 32.2. The van der Waals surface area contributed by atoms with Crippen LogP contribution in [0.5, 0.6) is 0 Å². The average molecular weight is 280 g/mol. The highest BCUT2D eigenvalue weighted by Crippen LogP contribution is 2.61. The largest absolute Gasteiger partial charge is 0.249 e. The van der Waals surface area contributed by atoms with Crippen LogP contribution in [0.4, 0.5) is 0 Å². The van der Waals surface area contributed by atoms with Crippen molar-refractivity contribution in [1.29, 1.82) is 0 Å². The molecule has 0 saturated heterocycles. The Balaban J connectivity index is 1.52. The second-order valence-corrected chi connectivity index (χ2v) is 7.77. The molecule has 4 aliphatic carbocycles. The van der Waals surface area contributed by atoms with E-state index in [-0.39, 0.29) is 0 Å². The first-order valence-corrected chi connectivity index (χ1v) is 8.58. The fourth-order valence-electron chi connectivity index (χ4n) is 4.66. The topological polar surface area (TPSA) is 17.1 Å². The van der Waals surface area contributed by atoms with Crippen molar-refractivity contribution in [3.8, 4) is 0 Å². The lowest BCUT2D eigenvalue weighted by Gasteiger charge is -2.21. The SMILES string of the molecule is O=[S@](C1=C[C@H]2C[C@H]1C1=C2[C@H]2C=C[C@H]1C2)c1ccccc1. The first-order valence-electron chi connectivity index (χ1n) is 7.43. The molecule has 100 valence electrons. The molecule has 0 heterocycles. The molecule has 0 aliphatic heterocycles. The molecule has 4 bridgehead atoms. The Labute approximate surface area is 121 Å². The van der Waals surface area contributed by atoms with Gasteiger partial charge in [-0.15, -0.1) is 0 Å². The molecule has 0 N–H and O–H groups in total. The van der Waals surface area contributed by atoms with Gasteiger partial charge in [-0.25, -0.2) is 4.21 Å². The summed E-state index contributed by atoms with van der Waals surface area (Å²) in [7, 11) is -0.967. The number of hydrogen-bond donors (Lipinski definition) is 0. The van der Waals surface area contributed by atoms with Crippen molar-refractivity contribution in [3.05, 3.63) is 64.6 Å². The maximum Gasteiger partial charge on any atom is 0.0811 e. The molecule has 0 radical (unpaired) electrons. The minimum absolute atomic E-state index is 0.469. The summed E-state index contributed by atoms with van der Waals surface area (Å²) in [6, 6.07) is 9.91. The average Bonchev–Trinajstić information content (AvgIpc) is 3.24. The molecule has 0 spiro atoms. The molecular weight excluding hydrogens is 264 g/mol. The molecule has 2 heteroatoms. The van der Waals surface area contributed by atoms with E-state index in [1.54, 1.807) is 11.1 Å². The van der Waals surface area contributed by atoms with Crippen molar-refractivity contribution in [2.75, 3.05) is 0 Å². The summed E-state index contributed by atoms with van der Waals surface area (Å²) in [5, 5.41) is 0. The van der Waals surface area contributed by atoms with Crippen LogP contribution in [0.25, 0.3) is 0 Å². The molecule has 1 aromatic rings. The molecule has 1 nitrogen and oxygen atoms in total. The van der Waals surface area contributed by atoms with Gasteiger partial charge >= 0.3 is 0 Å². The minimum atomic E-state index is -0.967. The minimum Gasteiger partial charge on any atom is -0.249 e. The van der Waals surface area contributed by atoms with Crippen molar-refractivity contribution < 1.29 is 4.21 Å². The number of hydrogen-bond acceptors (Lipinski definition) is 1. The molecule has 0 amide bonds. The van der Waals surface area contributed by atoms with Crippen molar-refractivity contribution in [3.63, 3.8) is 0 Å². The molecule has 0 aromatic heterocycles. The Hall–Kier alpha value is -1.41. The maximum atomic E-state index is 12.8. The molecule has 0 fully saturated rings. The van der Waals surface area contributed by atoms with Crippen LogP contribution < -0.4 is 0 Å². The van der Waals surface area contributed by atoms with Crippen LogP contribution in [0.15, 0.2) is 69.5 Å². The molecule has 1 aromatic carbocycles. The lowest BCUT2D eigenvalue weighted by Crippen LogP contribution is -2.12. The van der Waals surface area contributed by atoms with Crippen LogP contribution in [0.3, 0.4) is 0 Å². The van der Waals surface area contributed by atoms with Crippen LogP contribution in [0, 0.1) is 23.7 Å². The fraction of sp³-hybridized carbons (Fsp3) is 0.333. The van der Waals surface area contributed by atoms with Gasteiger partial charge in [-0.2, -0.15) is 0 Å². The van der Waals surface area contributed by atoms with Gasteiger partial charge in [0.2, 0.25) is 0 Å². The van der Waals surface area contributed by atoms with Gasteiger partial charge < -0.3 is 0 Å². The van der Waals surface area contributed by atoms with Crippen molar-refractivity contribution in [2.24, 2.45) is 23.7 Å². The van der Waals surface area contributed by atoms with Crippen molar-refractivity contribution in [1.82, 2.24) is 0 Å². The van der Waals surface area contributed by atoms with E-state index in [1.807, 2.05) is 30.3 Å². The number of fused-ring (bicyclic) bond motifs is 8. The van der Waals surface area contributed by atoms with Crippen LogP contribution in [-0.4, -0.2) is 4.21 Å². The van der Waals surface area contributed by atoms with Crippen LogP contribution in [0.1, 0.15) is 12.8 Å². The van der Waals surface area contributed by atoms with Gasteiger partial charge in [-0.3, -0.25) is 0 Å². The summed E-state index contributed by atoms with van der Waals surface area (Å²) in [4.78, 5) is 2.13. The molecule has 5 rings (SSSR count). The summed E-state index contributed by atoms with van der Waals surface area (Å²) in [6.45, 7) is 0. The number of benzene rings is 1. The lowest BCUT2D eigenvalue weighted by molar-refractivity contribution is 0.571. The standard InChI is InChI=1S/C18H16OS/c19-20(14-4-2-1-3-5-14)16-10-13-9-15(16)18-12-7-6-11(8-12)17(13)18/h1-7,10-13,15H,8-9H2/t11-,12-,13+,15+,20-/m0/s1. The Morgan fingerprint density at radius 2 is 1.65 bits per heavy atom. The van der Waals surface area contributed by atoms with Gasteiger partial charge in [0.05, 0.1) is 10.8 Å². The second-order valence-electron chi connectivity index (χ2n) is 6.29. The van der Waals surface area contributed by atoms with Crippen molar-refractivity contribution in [2.45, 2.75) is 17.7 Å². The van der Waals surface area contributed by atoms with Gasteiger partial charge in [0, 0.05) is 21.6 Å². The quantitative estimate of drug-likeness (QED) is 0.594. The summed E-state index contributed by atoms with van der Waals surface area (Å²) in [5.41, 5.74) is 3.33. The lowest BCUT2D eigenvalue weighted by atomic mass is 9.89. The Kier molecular flexibility index (Phi) is 2.15. The van der Waals surface area contributed by atoms with Crippen LogP contribution in [0.2, 0.25) is 0 Å². The highest BCUT2D eigenvalue weighted by Gasteiger charge is 2.51. The third-order valence-electron chi connectivity index (χ3n) is 5.36. The summed E-state index contributed by atoms with van der Waals surface area (Å²) in [5.74, 6) is 2.41. The third kappa shape index (κ3) is 1.30. The van der Waals surface area contributed by atoms with Gasteiger partial charge in [0.25, 0.3) is 0 Å². The zero-order valence-electron chi connectivity index (χ0n) is 11.2. The molecule has 5 atom stereocenters. The van der Waals surface area contributed by atoms with E-state index in [0.29, 0.717) is 23.7 Å². The third-order valence-corrected chi connectivity index (χ3v) is 6.91. The van der Waals surface area contributed by atoms with Crippen LogP contribution >= 0.6 is 0 Å². The monoisotopic (exact) mass is 280 g/mol. The highest BCUT2D eigenvalue weighted by molar-refractivity contribution is 7.89. The second kappa shape index (κ2) is 3.82. The first kappa shape index (κ1) is 11.3. The predicted molar refractivity (Wildman–Crippen MR) is 80.3 cm³/mol. The molecule has 4 aliphatic rings. The molecule has 0 unspecified atom stereocenters. The maximum absolute atomic E-state index is 12.8.